The number of carboxylic acid groups (broad SMARTS) is 2. The number of alkyl halides is 4. The molecule has 2 aliphatic heterocycles. The SMILES string of the molecule is CN=C(C)N.Cc1nc(=O)[nH]c(=O)n1C.Cc1nc(=O)n(C[C@@H](F)CN2C3CCC2CC(OCc2ccc(F)cc2)C3)c(=O)n1C.Cc1nc(=O)n(C[C@@H](F)CO)c(=O)n1C.Cc1nc(=O)n(C[C@@H](F)COS(C)(=O)=O)c(=O)n1C.Cc1nc(=O)n(C[C@@H](F)CO[Si](C)(C)C(C)(C)C)c(=O)n1C.Cl.O=C(O)C(=O)O. The lowest BCUT2D eigenvalue weighted by molar-refractivity contribution is -0.159. The Balaban J connectivity index is 0.000000680. The van der Waals surface area contributed by atoms with Gasteiger partial charge in [-0.15, -0.1) is 12.4 Å². The number of amidine groups is 1. The first-order chi connectivity index (χ1) is 49.8. The normalized spacial score (nSPS) is 15.8. The zero-order valence-electron chi connectivity index (χ0n) is 63.8. The molecule has 109 heavy (non-hydrogen) atoms. The molecule has 7 heterocycles. The van der Waals surface area contributed by atoms with E-state index in [9.17, 15) is 78.3 Å². The minimum absolute atomic E-state index is 0. The van der Waals surface area contributed by atoms with Gasteiger partial charge in [0.2, 0.25) is 0 Å². The molecule has 5 aromatic heterocycles. The molecule has 2 saturated heterocycles. The van der Waals surface area contributed by atoms with E-state index in [-0.39, 0.29) is 79.3 Å². The molecule has 0 spiro atoms. The second-order valence-corrected chi connectivity index (χ2v) is 32.7. The van der Waals surface area contributed by atoms with Crippen LogP contribution in [0.4, 0.5) is 22.0 Å². The van der Waals surface area contributed by atoms with E-state index >= 15 is 0 Å². The zero-order valence-corrected chi connectivity index (χ0v) is 66.4. The Bertz CT molecular complexity index is 4820. The molecule has 6 N–H and O–H groups in total. The number of rotatable bonds is 20. The Morgan fingerprint density at radius 3 is 1.28 bits per heavy atom. The number of aliphatic imine (C=N–C) groups is 1. The minimum Gasteiger partial charge on any atom is -0.473 e. The molecule has 38 nitrogen and oxygen atoms in total. The van der Waals surface area contributed by atoms with Crippen LogP contribution in [0.5, 0.6) is 0 Å². The van der Waals surface area contributed by atoms with Crippen molar-refractivity contribution in [1.29, 1.82) is 0 Å². The van der Waals surface area contributed by atoms with Gasteiger partial charge in [0.15, 0.2) is 8.32 Å². The number of nitrogens with zero attached hydrogens (tertiary/aromatic N) is 16. The van der Waals surface area contributed by atoms with Crippen LogP contribution < -0.4 is 62.6 Å². The van der Waals surface area contributed by atoms with Crippen molar-refractivity contribution in [1.82, 2.24) is 75.9 Å². The molecule has 2 aliphatic rings. The monoisotopic (exact) mass is 1620 g/mol. The Morgan fingerprint density at radius 2 is 0.954 bits per heavy atom. The fraction of sp³-hybridized carbons (Fsp3) is 0.619. The van der Waals surface area contributed by atoms with Crippen molar-refractivity contribution in [3.05, 3.63) is 170 Å². The maximum absolute atomic E-state index is 14.9. The van der Waals surface area contributed by atoms with Gasteiger partial charge >= 0.3 is 68.8 Å². The van der Waals surface area contributed by atoms with Crippen LogP contribution in [0.15, 0.2) is 77.2 Å². The van der Waals surface area contributed by atoms with E-state index in [0.29, 0.717) is 39.0 Å². The second kappa shape index (κ2) is 43.7. The number of aromatic nitrogens is 15. The number of aliphatic carboxylic acids is 2. The third-order valence-corrected chi connectivity index (χ3v) is 22.1. The molecular weight excluding hydrogens is 1520 g/mol. The molecule has 8 rings (SSSR count). The molecule has 0 radical (unpaired) electrons. The number of nitrogens with two attached hydrogens (primary N) is 1. The summed E-state index contributed by atoms with van der Waals surface area (Å²) < 4.78 is 115. The van der Waals surface area contributed by atoms with Crippen LogP contribution in [0.2, 0.25) is 18.1 Å². The van der Waals surface area contributed by atoms with Crippen molar-refractivity contribution in [3.8, 4) is 0 Å². The minimum atomic E-state index is -3.77. The van der Waals surface area contributed by atoms with Crippen molar-refractivity contribution in [2.24, 2.45) is 46.0 Å². The summed E-state index contributed by atoms with van der Waals surface area (Å²) in [7, 11) is 3.22. The highest BCUT2D eigenvalue weighted by Crippen LogP contribution is 2.38. The number of hydrogen-bond donors (Lipinski definition) is 5. The lowest BCUT2D eigenvalue weighted by Crippen LogP contribution is -2.50. The number of hydrogen-bond acceptors (Lipinski definition) is 25. The summed E-state index contributed by atoms with van der Waals surface area (Å²) in [5.74, 6) is -1.79. The number of ether oxygens (including phenoxy) is 1. The topological polar surface area (TPSA) is 494 Å². The summed E-state index contributed by atoms with van der Waals surface area (Å²) in [6.45, 7) is 17.0. The predicted molar refractivity (Wildman–Crippen MR) is 393 cm³/mol. The Morgan fingerprint density at radius 1 is 0.615 bits per heavy atom. The summed E-state index contributed by atoms with van der Waals surface area (Å²) in [6.07, 6.45) is -1.74. The molecule has 46 heteroatoms. The standard InChI is InChI=1S/C22H28F2N4O3.C14H26FN3O3Si.C9H14FN3O5S.C8H12FN3O3.C5H7N3O2.C3H8N2.C2H2O4.ClH/c1-14-25-21(29)28(22(30)26(14)2)12-17(24)11-27-18-7-8-19(27)10-20(9-18)31-13-15-3-5-16(23)6-4-15;1-10-16-12(19)18(13(20)17(10)5)8-11(15)9-21-22(6,7)14(2,3)4;1-6-11-8(14)13(9(15)12(6)2)4-7(10)5-18-19(3,16)17;1-5-10-7(14)12(3-6(9)4-13)8(15)11(5)2;1-3-6-4(9)7-5(10)8(3)2;1-3(4)5-2;3-1(4)2(5)6;/h3-6,17-20H,7-13H2,1-2H3;11H,8-9H2,1-7H3;7H,4-5H2,1-3H3;6,13H,3-4H2,1-2H3;1-2H3,(H,7,9,10);1-2H3,(H2,4,5);(H,3,4)(H,5,6);1H/t17-,18?,19?,20?;11-;7-;6-;;;;/m0111..../s1. The van der Waals surface area contributed by atoms with Gasteiger partial charge in [-0.2, -0.15) is 33.3 Å². The molecular formula is C63H98ClF5N18O20SSi. The van der Waals surface area contributed by atoms with Crippen LogP contribution in [0, 0.1) is 40.4 Å². The molecule has 0 saturated carbocycles. The number of carbonyl (C=O) groups is 2. The number of aromatic amines is 1. The summed E-state index contributed by atoms with van der Waals surface area (Å²) in [5, 5.41) is 23.2. The number of aryl methyl sites for hydroxylation is 5. The first-order valence-electron chi connectivity index (χ1n) is 32.9. The van der Waals surface area contributed by atoms with Gasteiger partial charge in [-0.1, -0.05) is 32.9 Å². The third kappa shape index (κ3) is 31.2. The van der Waals surface area contributed by atoms with Crippen LogP contribution in [-0.2, 0) is 101 Å². The number of carboxylic acids is 2. The lowest BCUT2D eigenvalue weighted by atomic mass is 9.99. The number of benzene rings is 1. The van der Waals surface area contributed by atoms with Crippen LogP contribution in [0.25, 0.3) is 0 Å². The quantitative estimate of drug-likeness (QED) is 0.0153. The highest BCUT2D eigenvalue weighted by molar-refractivity contribution is 7.86. The Labute approximate surface area is 627 Å². The smallest absolute Gasteiger partial charge is 0.414 e. The van der Waals surface area contributed by atoms with E-state index in [1.165, 1.54) is 67.9 Å². The second-order valence-electron chi connectivity index (χ2n) is 26.2. The van der Waals surface area contributed by atoms with Crippen LogP contribution in [0.3, 0.4) is 0 Å². The van der Waals surface area contributed by atoms with E-state index in [0.717, 1.165) is 55.8 Å². The van der Waals surface area contributed by atoms with E-state index < -0.39 is 138 Å². The molecule has 612 valence electrons. The van der Waals surface area contributed by atoms with Gasteiger partial charge in [0, 0.05) is 60.9 Å². The summed E-state index contributed by atoms with van der Waals surface area (Å²) in [6, 6.07) is 6.75. The van der Waals surface area contributed by atoms with Gasteiger partial charge in [-0.25, -0.2) is 97.8 Å². The van der Waals surface area contributed by atoms with E-state index in [1.807, 2.05) is 18.1 Å². The first kappa shape index (κ1) is 97.6. The largest absolute Gasteiger partial charge is 0.473 e. The van der Waals surface area contributed by atoms with E-state index in [4.69, 9.17) is 39.8 Å². The number of aliphatic hydroxyl groups is 1. The average molecular weight is 1620 g/mol. The Hall–Kier alpha value is -9.41. The zero-order chi connectivity index (χ0) is 83.0. The van der Waals surface area contributed by atoms with Crippen LogP contribution in [0.1, 0.15) is 88.1 Å². The van der Waals surface area contributed by atoms with E-state index in [2.05, 4.69) is 59.8 Å². The van der Waals surface area contributed by atoms with Crippen molar-refractivity contribution in [2.75, 3.05) is 39.7 Å². The van der Waals surface area contributed by atoms with Crippen molar-refractivity contribution < 1.29 is 68.6 Å². The van der Waals surface area contributed by atoms with Crippen LogP contribution in [-0.4, -0.2) is 208 Å². The van der Waals surface area contributed by atoms with Crippen molar-refractivity contribution in [2.45, 2.75) is 182 Å². The van der Waals surface area contributed by atoms with Crippen molar-refractivity contribution in [3.63, 3.8) is 0 Å². The fourth-order valence-corrected chi connectivity index (χ4v) is 10.7. The first-order valence-corrected chi connectivity index (χ1v) is 37.7. The van der Waals surface area contributed by atoms with Gasteiger partial charge in [-0.05, 0) is 103 Å². The molecule has 0 amide bonds. The van der Waals surface area contributed by atoms with Crippen molar-refractivity contribution >= 4 is 48.6 Å². The highest BCUT2D eigenvalue weighted by Gasteiger charge is 2.42. The third-order valence-electron chi connectivity index (χ3n) is 17.0. The van der Waals surface area contributed by atoms with Gasteiger partial charge < -0.3 is 30.2 Å². The average Bonchev–Trinajstić information content (AvgIpc) is 1.69. The van der Waals surface area contributed by atoms with Gasteiger partial charge in [0.25, 0.3) is 10.1 Å². The molecule has 2 fully saturated rings. The summed E-state index contributed by atoms with van der Waals surface area (Å²) >= 11 is 0. The van der Waals surface area contributed by atoms with Gasteiger partial charge in [0.05, 0.1) is 70.8 Å². The number of H-pyrrole nitrogens is 1. The number of fused-ring (bicyclic) bond motifs is 2. The number of halogens is 6. The summed E-state index contributed by atoms with van der Waals surface area (Å²) in [5.41, 5.74) is -0.646. The Kier molecular flexibility index (Phi) is 39.1. The molecule has 6 aromatic rings. The van der Waals surface area contributed by atoms with Crippen LogP contribution >= 0.6 is 12.4 Å². The number of aliphatic hydroxyl groups excluding tert-OH is 1. The van der Waals surface area contributed by atoms with Gasteiger partial charge in [-0.3, -0.25) is 41.9 Å². The molecule has 2 bridgehead atoms. The molecule has 1 aromatic carbocycles. The maximum atomic E-state index is 14.9. The molecule has 0 aliphatic carbocycles. The predicted octanol–water partition coefficient (Wildman–Crippen LogP) is -0.957. The summed E-state index contributed by atoms with van der Waals surface area (Å²) in [4.78, 5) is 159. The fourth-order valence-electron chi connectivity index (χ4n) is 9.31. The number of piperidine rings is 1. The maximum Gasteiger partial charge on any atom is 0.414 e. The lowest BCUT2D eigenvalue weighted by Gasteiger charge is -2.39. The molecule has 6 atom stereocenters. The van der Waals surface area contributed by atoms with Gasteiger partial charge in [0.1, 0.15) is 59.6 Å². The molecule has 2 unspecified atom stereocenters. The highest BCUT2D eigenvalue weighted by atomic mass is 35.5. The number of nitrogens with one attached hydrogen (secondary N) is 1. The van der Waals surface area contributed by atoms with E-state index in [1.54, 1.807) is 53.9 Å².